The van der Waals surface area contributed by atoms with Crippen molar-refractivity contribution in [2.45, 2.75) is 32.7 Å². The van der Waals surface area contributed by atoms with E-state index in [1.165, 1.54) is 0 Å². The summed E-state index contributed by atoms with van der Waals surface area (Å²) < 4.78 is 0. The van der Waals surface area contributed by atoms with Crippen molar-refractivity contribution in [3.05, 3.63) is 27.9 Å². The molecule has 0 aliphatic carbocycles. The van der Waals surface area contributed by atoms with Crippen LogP contribution in [0.25, 0.3) is 0 Å². The Hall–Kier alpha value is -1.69. The minimum Gasteiger partial charge on any atom is -0.351 e. The van der Waals surface area contributed by atoms with Crippen molar-refractivity contribution in [3.8, 4) is 0 Å². The van der Waals surface area contributed by atoms with Gasteiger partial charge in [-0.15, -0.1) is 0 Å². The molecule has 1 unspecified atom stereocenters. The second-order valence-corrected chi connectivity index (χ2v) is 5.24. The van der Waals surface area contributed by atoms with Crippen LogP contribution in [0.3, 0.4) is 0 Å². The minimum absolute atomic E-state index is 0.127. The number of piperidine rings is 1. The highest BCUT2D eigenvalue weighted by Crippen LogP contribution is 2.32. The van der Waals surface area contributed by atoms with Crippen molar-refractivity contribution in [2.75, 3.05) is 18.0 Å². The fourth-order valence-corrected chi connectivity index (χ4v) is 2.63. The molecule has 1 aromatic heterocycles. The Morgan fingerprint density at radius 1 is 1.53 bits per heavy atom. The number of anilines is 1. The predicted octanol–water partition coefficient (Wildman–Crippen LogP) is 1.86. The van der Waals surface area contributed by atoms with E-state index in [0.29, 0.717) is 17.3 Å². The van der Waals surface area contributed by atoms with E-state index < -0.39 is 0 Å². The maximum Gasteiger partial charge on any atom is 0.314 e. The van der Waals surface area contributed by atoms with Crippen LogP contribution >= 0.6 is 0 Å². The number of rotatable bonds is 3. The molecule has 2 N–H and O–H groups in total. The summed E-state index contributed by atoms with van der Waals surface area (Å²) in [4.78, 5) is 17.1. The molecule has 1 aromatic rings. The maximum atomic E-state index is 11.2. The first-order chi connectivity index (χ1) is 9.00. The van der Waals surface area contributed by atoms with Crippen LogP contribution in [-0.4, -0.2) is 29.0 Å². The van der Waals surface area contributed by atoms with Gasteiger partial charge in [-0.3, -0.25) is 10.1 Å². The molecule has 0 bridgehead atoms. The molecule has 104 valence electrons. The Morgan fingerprint density at radius 2 is 2.16 bits per heavy atom. The number of nitro groups is 1. The van der Waals surface area contributed by atoms with Gasteiger partial charge in [0, 0.05) is 30.9 Å². The van der Waals surface area contributed by atoms with E-state index in [1.54, 1.807) is 19.2 Å². The molecule has 0 radical (unpaired) electrons. The molecular weight excluding hydrogens is 244 g/mol. The van der Waals surface area contributed by atoms with Gasteiger partial charge in [0.15, 0.2) is 0 Å². The largest absolute Gasteiger partial charge is 0.351 e. The Morgan fingerprint density at radius 3 is 2.68 bits per heavy atom. The first-order valence-corrected chi connectivity index (χ1v) is 6.61. The third kappa shape index (κ3) is 2.84. The van der Waals surface area contributed by atoms with E-state index in [9.17, 15) is 10.1 Å². The fourth-order valence-electron chi connectivity index (χ4n) is 2.63. The zero-order valence-corrected chi connectivity index (χ0v) is 11.4. The molecular formula is C13H20N4O2. The van der Waals surface area contributed by atoms with Crippen molar-refractivity contribution in [3.63, 3.8) is 0 Å². The number of nitrogens with zero attached hydrogens (tertiary/aromatic N) is 3. The average molecular weight is 264 g/mol. The lowest BCUT2D eigenvalue weighted by molar-refractivity contribution is -0.384. The summed E-state index contributed by atoms with van der Waals surface area (Å²) in [6, 6.07) is 1.86. The van der Waals surface area contributed by atoms with Crippen LogP contribution in [0, 0.1) is 23.0 Å². The van der Waals surface area contributed by atoms with Crippen LogP contribution in [0.2, 0.25) is 0 Å². The summed E-state index contributed by atoms with van der Waals surface area (Å²) in [5.41, 5.74) is 6.69. The Balaban J connectivity index is 2.20. The molecule has 1 aliphatic heterocycles. The Labute approximate surface area is 112 Å². The monoisotopic (exact) mass is 264 g/mol. The van der Waals surface area contributed by atoms with Gasteiger partial charge in [-0.25, -0.2) is 4.98 Å². The first kappa shape index (κ1) is 13.7. The van der Waals surface area contributed by atoms with E-state index in [1.807, 2.05) is 11.8 Å². The Bertz CT molecular complexity index is 468. The van der Waals surface area contributed by atoms with Gasteiger partial charge in [-0.05, 0) is 38.7 Å². The first-order valence-electron chi connectivity index (χ1n) is 6.61. The van der Waals surface area contributed by atoms with Gasteiger partial charge in [0.05, 0.1) is 4.92 Å². The predicted molar refractivity (Wildman–Crippen MR) is 74.2 cm³/mol. The third-order valence-electron chi connectivity index (χ3n) is 3.87. The quantitative estimate of drug-likeness (QED) is 0.665. The number of nitrogens with two attached hydrogens (primary N) is 1. The fraction of sp³-hybridized carbons (Fsp3) is 0.615. The molecule has 19 heavy (non-hydrogen) atoms. The van der Waals surface area contributed by atoms with Crippen LogP contribution in [0.4, 0.5) is 11.5 Å². The van der Waals surface area contributed by atoms with Crippen molar-refractivity contribution < 1.29 is 4.92 Å². The van der Waals surface area contributed by atoms with Crippen LogP contribution in [0.5, 0.6) is 0 Å². The van der Waals surface area contributed by atoms with Crippen molar-refractivity contribution in [1.82, 2.24) is 4.98 Å². The van der Waals surface area contributed by atoms with Gasteiger partial charge < -0.3 is 10.6 Å². The molecule has 0 spiro atoms. The van der Waals surface area contributed by atoms with Gasteiger partial charge in [0.1, 0.15) is 0 Å². The van der Waals surface area contributed by atoms with Crippen molar-refractivity contribution >= 4 is 11.5 Å². The molecule has 2 heterocycles. The van der Waals surface area contributed by atoms with Gasteiger partial charge in [-0.1, -0.05) is 0 Å². The van der Waals surface area contributed by atoms with Gasteiger partial charge in [0.2, 0.25) is 5.82 Å². The number of hydrogen-bond donors (Lipinski definition) is 1. The molecule has 1 atom stereocenters. The Kier molecular flexibility index (Phi) is 3.99. The highest BCUT2D eigenvalue weighted by atomic mass is 16.6. The van der Waals surface area contributed by atoms with Crippen LogP contribution in [-0.2, 0) is 0 Å². The highest BCUT2D eigenvalue weighted by molar-refractivity contribution is 5.61. The zero-order chi connectivity index (χ0) is 14.0. The second-order valence-electron chi connectivity index (χ2n) is 5.24. The molecule has 1 fully saturated rings. The van der Waals surface area contributed by atoms with Gasteiger partial charge in [0.25, 0.3) is 0 Å². The summed E-state index contributed by atoms with van der Waals surface area (Å²) in [6.45, 7) is 5.33. The number of aryl methyl sites for hydroxylation is 1. The van der Waals surface area contributed by atoms with E-state index in [4.69, 9.17) is 5.73 Å². The topological polar surface area (TPSA) is 85.3 Å². The summed E-state index contributed by atoms with van der Waals surface area (Å²) in [7, 11) is 0. The number of aromatic nitrogens is 1. The summed E-state index contributed by atoms with van der Waals surface area (Å²) in [5, 5.41) is 11.2. The molecule has 0 amide bonds. The van der Waals surface area contributed by atoms with Gasteiger partial charge >= 0.3 is 5.69 Å². The summed E-state index contributed by atoms with van der Waals surface area (Å²) >= 11 is 0. The molecule has 6 nitrogen and oxygen atoms in total. The third-order valence-corrected chi connectivity index (χ3v) is 3.87. The van der Waals surface area contributed by atoms with Crippen LogP contribution in [0.1, 0.15) is 25.3 Å². The van der Waals surface area contributed by atoms with E-state index in [2.05, 4.69) is 4.98 Å². The van der Waals surface area contributed by atoms with Crippen molar-refractivity contribution in [2.24, 2.45) is 11.7 Å². The molecule has 1 aliphatic rings. The number of pyridine rings is 1. The number of hydrogen-bond acceptors (Lipinski definition) is 5. The lowest BCUT2D eigenvalue weighted by atomic mass is 9.91. The van der Waals surface area contributed by atoms with E-state index in [-0.39, 0.29) is 16.7 Å². The minimum atomic E-state index is -0.338. The maximum absolute atomic E-state index is 11.2. The lowest BCUT2D eigenvalue weighted by Gasteiger charge is -2.34. The van der Waals surface area contributed by atoms with Crippen LogP contribution in [0.15, 0.2) is 12.3 Å². The smallest absolute Gasteiger partial charge is 0.314 e. The molecule has 6 heteroatoms. The van der Waals surface area contributed by atoms with Gasteiger partial charge in [-0.2, -0.15) is 0 Å². The zero-order valence-electron chi connectivity index (χ0n) is 11.4. The van der Waals surface area contributed by atoms with Crippen LogP contribution < -0.4 is 10.6 Å². The lowest BCUT2D eigenvalue weighted by Crippen LogP contribution is -2.40. The standard InChI is InChI=1S/C13H20N4O2/c1-9-3-6-15-13(12(9)17(18)19)16-7-4-11(5-8-16)10(2)14/h3,6,10-11H,4-5,7-8,14H2,1-2H3. The molecule has 1 saturated heterocycles. The van der Waals surface area contributed by atoms with Crippen molar-refractivity contribution in [1.29, 1.82) is 0 Å². The summed E-state index contributed by atoms with van der Waals surface area (Å²) in [6.07, 6.45) is 3.56. The highest BCUT2D eigenvalue weighted by Gasteiger charge is 2.28. The normalized spacial score (nSPS) is 18.4. The van der Waals surface area contributed by atoms with E-state index >= 15 is 0 Å². The summed E-state index contributed by atoms with van der Waals surface area (Å²) in [5.74, 6) is 0.994. The molecule has 0 aromatic carbocycles. The second kappa shape index (κ2) is 5.52. The average Bonchev–Trinajstić information content (AvgIpc) is 2.38. The molecule has 0 saturated carbocycles. The van der Waals surface area contributed by atoms with E-state index in [0.717, 1.165) is 25.9 Å². The molecule has 2 rings (SSSR count). The SMILES string of the molecule is Cc1ccnc(N2CCC(C(C)N)CC2)c1[N+](=O)[O-].